The summed E-state index contributed by atoms with van der Waals surface area (Å²) >= 11 is 0. The number of nitrogens with two attached hydrogens (primary N) is 1. The van der Waals surface area contributed by atoms with E-state index in [1.165, 1.54) is 0 Å². The Morgan fingerprint density at radius 3 is 2.94 bits per heavy atom. The Bertz CT molecular complexity index is 509. The van der Waals surface area contributed by atoms with Crippen LogP contribution in [-0.2, 0) is 4.74 Å². The first-order valence-corrected chi connectivity index (χ1v) is 6.03. The average Bonchev–Trinajstić information content (AvgIpc) is 2.85. The normalized spacial score (nSPS) is 12.6. The van der Waals surface area contributed by atoms with E-state index < -0.39 is 0 Å². The largest absolute Gasteiger partial charge is 0.398 e. The third-order valence-corrected chi connectivity index (χ3v) is 2.83. The number of rotatable bonds is 5. The van der Waals surface area contributed by atoms with Gasteiger partial charge in [-0.3, -0.25) is 4.98 Å². The second kappa shape index (κ2) is 5.64. The molecule has 0 saturated heterocycles. The zero-order valence-corrected chi connectivity index (χ0v) is 10.7. The molecule has 0 aliphatic rings. The van der Waals surface area contributed by atoms with E-state index in [2.05, 4.69) is 21.5 Å². The van der Waals surface area contributed by atoms with Gasteiger partial charge in [-0.15, -0.1) is 0 Å². The van der Waals surface area contributed by atoms with E-state index in [4.69, 9.17) is 10.5 Å². The van der Waals surface area contributed by atoms with Crippen molar-refractivity contribution >= 4 is 5.69 Å². The molecule has 18 heavy (non-hydrogen) atoms. The van der Waals surface area contributed by atoms with Crippen molar-refractivity contribution in [2.45, 2.75) is 19.9 Å². The fraction of sp³-hybridized carbons (Fsp3) is 0.385. The number of hydrogen-bond acceptors (Lipinski definition) is 4. The maximum atomic E-state index is 5.97. The monoisotopic (exact) mass is 246 g/mol. The summed E-state index contributed by atoms with van der Waals surface area (Å²) in [5.74, 6) is 0. The van der Waals surface area contributed by atoms with Gasteiger partial charge in [0.2, 0.25) is 0 Å². The number of anilines is 1. The van der Waals surface area contributed by atoms with Gasteiger partial charge in [-0.1, -0.05) is 0 Å². The molecule has 2 heterocycles. The van der Waals surface area contributed by atoms with E-state index >= 15 is 0 Å². The Morgan fingerprint density at radius 1 is 1.39 bits per heavy atom. The second-order valence-corrected chi connectivity index (χ2v) is 4.16. The van der Waals surface area contributed by atoms with Crippen molar-refractivity contribution in [3.8, 4) is 11.3 Å². The molecule has 0 aliphatic carbocycles. The summed E-state index contributed by atoms with van der Waals surface area (Å²) in [6.45, 7) is 5.44. The number of nitrogens with zero attached hydrogens (tertiary/aromatic N) is 3. The standard InChI is InChI=1S/C13H18N4O/c1-3-18-8-10(2)17-9-16-7-13(17)11-6-15-5-4-12(11)14/h4-7,9-10H,3,8H2,1-2H3,(H2,14,15). The lowest BCUT2D eigenvalue weighted by molar-refractivity contribution is 0.119. The SMILES string of the molecule is CCOCC(C)n1cncc1-c1cnccc1N. The number of aromatic nitrogens is 3. The number of nitrogen functional groups attached to an aromatic ring is 1. The molecule has 0 bridgehead atoms. The van der Waals surface area contributed by atoms with Gasteiger partial charge in [0.15, 0.2) is 0 Å². The van der Waals surface area contributed by atoms with Crippen LogP contribution in [0, 0.1) is 0 Å². The first-order valence-electron chi connectivity index (χ1n) is 6.03. The molecule has 0 spiro atoms. The highest BCUT2D eigenvalue weighted by molar-refractivity contribution is 5.72. The number of imidazole rings is 1. The Balaban J connectivity index is 2.30. The minimum Gasteiger partial charge on any atom is -0.398 e. The van der Waals surface area contributed by atoms with Gasteiger partial charge in [0.25, 0.3) is 0 Å². The Kier molecular flexibility index (Phi) is 3.94. The van der Waals surface area contributed by atoms with Crippen LogP contribution in [0.2, 0.25) is 0 Å². The van der Waals surface area contributed by atoms with Crippen LogP contribution in [0.4, 0.5) is 5.69 Å². The van der Waals surface area contributed by atoms with Crippen LogP contribution < -0.4 is 5.73 Å². The number of pyridine rings is 1. The van der Waals surface area contributed by atoms with E-state index in [0.717, 1.165) is 11.3 Å². The zero-order chi connectivity index (χ0) is 13.0. The average molecular weight is 246 g/mol. The van der Waals surface area contributed by atoms with Gasteiger partial charge < -0.3 is 15.0 Å². The van der Waals surface area contributed by atoms with Crippen LogP contribution >= 0.6 is 0 Å². The predicted molar refractivity (Wildman–Crippen MR) is 71.1 cm³/mol. The van der Waals surface area contributed by atoms with Crippen LogP contribution in [0.25, 0.3) is 11.3 Å². The molecule has 5 heteroatoms. The Labute approximate surface area is 107 Å². The van der Waals surface area contributed by atoms with Crippen molar-refractivity contribution in [3.05, 3.63) is 31.0 Å². The maximum Gasteiger partial charge on any atom is 0.0954 e. The van der Waals surface area contributed by atoms with Crippen LogP contribution in [-0.4, -0.2) is 27.7 Å². The van der Waals surface area contributed by atoms with Gasteiger partial charge >= 0.3 is 0 Å². The number of ether oxygens (including phenoxy) is 1. The van der Waals surface area contributed by atoms with Crippen LogP contribution in [0.5, 0.6) is 0 Å². The van der Waals surface area contributed by atoms with Gasteiger partial charge in [-0.05, 0) is 19.9 Å². The molecular weight excluding hydrogens is 228 g/mol. The molecule has 0 saturated carbocycles. The molecule has 0 aromatic carbocycles. The first kappa shape index (κ1) is 12.6. The fourth-order valence-corrected chi connectivity index (χ4v) is 1.85. The topological polar surface area (TPSA) is 66.0 Å². The maximum absolute atomic E-state index is 5.97. The Hall–Kier alpha value is -1.88. The molecule has 2 aromatic heterocycles. The lowest BCUT2D eigenvalue weighted by Gasteiger charge is -2.17. The predicted octanol–water partition coefficient (Wildman–Crippen LogP) is 2.12. The van der Waals surface area contributed by atoms with Crippen LogP contribution in [0.15, 0.2) is 31.0 Å². The van der Waals surface area contributed by atoms with Crippen molar-refractivity contribution in [1.29, 1.82) is 0 Å². The van der Waals surface area contributed by atoms with Gasteiger partial charge in [-0.25, -0.2) is 4.98 Å². The van der Waals surface area contributed by atoms with Crippen molar-refractivity contribution < 1.29 is 4.74 Å². The van der Waals surface area contributed by atoms with Crippen LogP contribution in [0.1, 0.15) is 19.9 Å². The molecule has 0 aliphatic heterocycles. The quantitative estimate of drug-likeness (QED) is 0.877. The van der Waals surface area contributed by atoms with E-state index in [0.29, 0.717) is 18.9 Å². The second-order valence-electron chi connectivity index (χ2n) is 4.16. The molecule has 2 aromatic rings. The highest BCUT2D eigenvalue weighted by Crippen LogP contribution is 2.26. The molecule has 2 rings (SSSR count). The Morgan fingerprint density at radius 2 is 2.22 bits per heavy atom. The van der Waals surface area contributed by atoms with Crippen molar-refractivity contribution in [2.75, 3.05) is 18.9 Å². The third kappa shape index (κ3) is 2.51. The summed E-state index contributed by atoms with van der Waals surface area (Å²) in [6.07, 6.45) is 7.04. The molecule has 1 unspecified atom stereocenters. The third-order valence-electron chi connectivity index (χ3n) is 2.83. The van der Waals surface area contributed by atoms with E-state index in [1.54, 1.807) is 31.0 Å². The van der Waals surface area contributed by atoms with Gasteiger partial charge in [0.05, 0.1) is 30.9 Å². The summed E-state index contributed by atoms with van der Waals surface area (Å²) in [6, 6.07) is 2.00. The summed E-state index contributed by atoms with van der Waals surface area (Å²) < 4.78 is 7.50. The van der Waals surface area contributed by atoms with E-state index in [9.17, 15) is 0 Å². The zero-order valence-electron chi connectivity index (χ0n) is 10.7. The molecule has 96 valence electrons. The number of hydrogen-bond donors (Lipinski definition) is 1. The van der Waals surface area contributed by atoms with E-state index in [-0.39, 0.29) is 6.04 Å². The minimum atomic E-state index is 0.210. The van der Waals surface area contributed by atoms with Crippen LogP contribution in [0.3, 0.4) is 0 Å². The molecule has 0 radical (unpaired) electrons. The van der Waals surface area contributed by atoms with Crippen molar-refractivity contribution in [3.63, 3.8) is 0 Å². The molecule has 1 atom stereocenters. The summed E-state index contributed by atoms with van der Waals surface area (Å²) in [7, 11) is 0. The molecular formula is C13H18N4O. The molecule has 0 amide bonds. The molecule has 2 N–H and O–H groups in total. The van der Waals surface area contributed by atoms with Crippen molar-refractivity contribution in [1.82, 2.24) is 14.5 Å². The molecule has 5 nitrogen and oxygen atoms in total. The smallest absolute Gasteiger partial charge is 0.0954 e. The summed E-state index contributed by atoms with van der Waals surface area (Å²) in [4.78, 5) is 8.30. The summed E-state index contributed by atoms with van der Waals surface area (Å²) in [5, 5.41) is 0. The first-order chi connectivity index (χ1) is 8.74. The lowest BCUT2D eigenvalue weighted by Crippen LogP contribution is -2.12. The lowest BCUT2D eigenvalue weighted by atomic mass is 10.1. The van der Waals surface area contributed by atoms with E-state index in [1.807, 2.05) is 6.92 Å². The highest BCUT2D eigenvalue weighted by Gasteiger charge is 2.13. The molecule has 0 fully saturated rings. The van der Waals surface area contributed by atoms with Gasteiger partial charge in [0.1, 0.15) is 0 Å². The van der Waals surface area contributed by atoms with Gasteiger partial charge in [-0.2, -0.15) is 0 Å². The van der Waals surface area contributed by atoms with Crippen molar-refractivity contribution in [2.24, 2.45) is 0 Å². The van der Waals surface area contributed by atoms with Gasteiger partial charge in [0, 0.05) is 30.3 Å². The minimum absolute atomic E-state index is 0.210. The fourth-order valence-electron chi connectivity index (χ4n) is 1.85. The highest BCUT2D eigenvalue weighted by atomic mass is 16.5. The summed E-state index contributed by atoms with van der Waals surface area (Å²) in [5.41, 5.74) is 8.54.